The van der Waals surface area contributed by atoms with Gasteiger partial charge < -0.3 is 10.2 Å². The Morgan fingerprint density at radius 3 is 2.70 bits per heavy atom. The smallest absolute Gasteiger partial charge is 0.263 e. The van der Waals surface area contributed by atoms with E-state index in [4.69, 9.17) is 0 Å². The summed E-state index contributed by atoms with van der Waals surface area (Å²) in [5.41, 5.74) is 1.97. The summed E-state index contributed by atoms with van der Waals surface area (Å²) in [7, 11) is 0. The number of thiophene rings is 1. The van der Waals surface area contributed by atoms with Gasteiger partial charge in [0.15, 0.2) is 0 Å². The summed E-state index contributed by atoms with van der Waals surface area (Å²) >= 11 is 1.45. The van der Waals surface area contributed by atoms with Crippen molar-refractivity contribution < 1.29 is 9.59 Å². The van der Waals surface area contributed by atoms with Gasteiger partial charge in [-0.2, -0.15) is 0 Å². The Morgan fingerprint density at radius 1 is 1.22 bits per heavy atom. The van der Waals surface area contributed by atoms with Gasteiger partial charge in [0.05, 0.1) is 10.8 Å². The van der Waals surface area contributed by atoms with Gasteiger partial charge in [-0.3, -0.25) is 9.59 Å². The molecule has 2 aromatic rings. The molecule has 0 radical (unpaired) electrons. The molecule has 1 aromatic heterocycles. The highest BCUT2D eigenvalue weighted by Gasteiger charge is 2.29. The lowest BCUT2D eigenvalue weighted by molar-refractivity contribution is -0.121. The predicted octanol–water partition coefficient (Wildman–Crippen LogP) is 3.55. The van der Waals surface area contributed by atoms with Crippen LogP contribution in [0.5, 0.6) is 0 Å². The number of nitrogens with zero attached hydrogens (tertiary/aromatic N) is 1. The van der Waals surface area contributed by atoms with Gasteiger partial charge in [-0.25, -0.2) is 0 Å². The fraction of sp³-hybridized carbons (Fsp3) is 0.333. The number of carbonyl (C=O) groups is 2. The Balaban J connectivity index is 1.62. The minimum absolute atomic E-state index is 0.00228. The van der Waals surface area contributed by atoms with Crippen molar-refractivity contribution >= 4 is 28.8 Å². The molecule has 1 aliphatic rings. The van der Waals surface area contributed by atoms with Gasteiger partial charge >= 0.3 is 0 Å². The molecule has 1 aliphatic heterocycles. The summed E-state index contributed by atoms with van der Waals surface area (Å²) in [4.78, 5) is 27.4. The molecule has 1 N–H and O–H groups in total. The zero-order valence-electron chi connectivity index (χ0n) is 13.1. The summed E-state index contributed by atoms with van der Waals surface area (Å²) < 4.78 is 0. The quantitative estimate of drug-likeness (QED) is 0.937. The summed E-state index contributed by atoms with van der Waals surface area (Å²) in [5.74, 6) is -0.112. The molecule has 23 heavy (non-hydrogen) atoms. The van der Waals surface area contributed by atoms with E-state index in [-0.39, 0.29) is 17.7 Å². The standard InChI is InChI=1S/C18H20N2O2S/c1-13-6-8-15(9-7-13)19-17(21)14-4-2-10-20(12-14)18(22)16-5-3-11-23-16/h3,5-9,11,14H,2,4,10,12H2,1H3,(H,19,21)/t14-/m0/s1. The van der Waals surface area contributed by atoms with E-state index in [0.717, 1.165) is 35.5 Å². The number of hydrogen-bond donors (Lipinski definition) is 1. The van der Waals surface area contributed by atoms with Crippen LogP contribution in [-0.4, -0.2) is 29.8 Å². The van der Waals surface area contributed by atoms with Crippen LogP contribution >= 0.6 is 11.3 Å². The number of nitrogens with one attached hydrogen (secondary N) is 1. The third-order valence-corrected chi connectivity index (χ3v) is 4.99. The van der Waals surface area contributed by atoms with Crippen LogP contribution in [0.3, 0.4) is 0 Å². The lowest BCUT2D eigenvalue weighted by atomic mass is 9.97. The van der Waals surface area contributed by atoms with Crippen molar-refractivity contribution in [1.29, 1.82) is 0 Å². The van der Waals surface area contributed by atoms with E-state index in [0.29, 0.717) is 6.54 Å². The lowest BCUT2D eigenvalue weighted by Crippen LogP contribution is -2.43. The molecular weight excluding hydrogens is 308 g/mol. The monoisotopic (exact) mass is 328 g/mol. The van der Waals surface area contributed by atoms with E-state index in [2.05, 4.69) is 5.32 Å². The lowest BCUT2D eigenvalue weighted by Gasteiger charge is -2.31. The number of anilines is 1. The average molecular weight is 328 g/mol. The summed E-state index contributed by atoms with van der Waals surface area (Å²) in [5, 5.41) is 4.86. The van der Waals surface area contributed by atoms with E-state index in [1.807, 2.05) is 48.7 Å². The zero-order chi connectivity index (χ0) is 16.2. The molecule has 3 rings (SSSR count). The van der Waals surface area contributed by atoms with Crippen LogP contribution in [-0.2, 0) is 4.79 Å². The molecule has 1 fully saturated rings. The second-order valence-corrected chi connectivity index (χ2v) is 6.87. The van der Waals surface area contributed by atoms with Crippen LogP contribution in [0.25, 0.3) is 0 Å². The first-order chi connectivity index (χ1) is 11.1. The fourth-order valence-electron chi connectivity index (χ4n) is 2.81. The van der Waals surface area contributed by atoms with Gasteiger partial charge in [0.1, 0.15) is 0 Å². The molecule has 0 spiro atoms. The highest BCUT2D eigenvalue weighted by atomic mass is 32.1. The maximum Gasteiger partial charge on any atom is 0.263 e. The van der Waals surface area contributed by atoms with Crippen molar-refractivity contribution in [2.75, 3.05) is 18.4 Å². The van der Waals surface area contributed by atoms with Gasteiger partial charge in [-0.1, -0.05) is 23.8 Å². The largest absolute Gasteiger partial charge is 0.337 e. The molecule has 1 aromatic carbocycles. The molecule has 1 saturated heterocycles. The Hall–Kier alpha value is -2.14. The van der Waals surface area contributed by atoms with Gasteiger partial charge in [-0.15, -0.1) is 11.3 Å². The number of likely N-dealkylation sites (tertiary alicyclic amines) is 1. The van der Waals surface area contributed by atoms with Gasteiger partial charge in [-0.05, 0) is 43.3 Å². The second kappa shape index (κ2) is 6.96. The second-order valence-electron chi connectivity index (χ2n) is 5.92. The number of carbonyl (C=O) groups excluding carboxylic acids is 2. The van der Waals surface area contributed by atoms with Crippen molar-refractivity contribution in [1.82, 2.24) is 4.90 Å². The van der Waals surface area contributed by atoms with E-state index in [9.17, 15) is 9.59 Å². The van der Waals surface area contributed by atoms with Crippen LogP contribution in [0, 0.1) is 12.8 Å². The minimum atomic E-state index is -0.144. The van der Waals surface area contributed by atoms with E-state index < -0.39 is 0 Å². The van der Waals surface area contributed by atoms with Crippen molar-refractivity contribution in [2.24, 2.45) is 5.92 Å². The SMILES string of the molecule is Cc1ccc(NC(=O)[C@H]2CCCN(C(=O)c3cccs3)C2)cc1. The van der Waals surface area contributed by atoms with Crippen molar-refractivity contribution in [3.05, 3.63) is 52.2 Å². The van der Waals surface area contributed by atoms with Gasteiger partial charge in [0, 0.05) is 18.8 Å². The topological polar surface area (TPSA) is 49.4 Å². The normalized spacial score (nSPS) is 17.8. The molecule has 2 heterocycles. The fourth-order valence-corrected chi connectivity index (χ4v) is 3.50. The number of benzene rings is 1. The zero-order valence-corrected chi connectivity index (χ0v) is 13.9. The van der Waals surface area contributed by atoms with Gasteiger partial charge in [0.2, 0.25) is 5.91 Å². The molecule has 0 bridgehead atoms. The molecule has 0 saturated carbocycles. The van der Waals surface area contributed by atoms with Crippen LogP contribution in [0.4, 0.5) is 5.69 Å². The number of piperidine rings is 1. The first kappa shape index (κ1) is 15.7. The highest BCUT2D eigenvalue weighted by molar-refractivity contribution is 7.12. The highest BCUT2D eigenvalue weighted by Crippen LogP contribution is 2.22. The van der Waals surface area contributed by atoms with E-state index in [1.54, 1.807) is 4.90 Å². The van der Waals surface area contributed by atoms with Crippen LogP contribution in [0.2, 0.25) is 0 Å². The third-order valence-electron chi connectivity index (χ3n) is 4.13. The first-order valence-corrected chi connectivity index (χ1v) is 8.72. The van der Waals surface area contributed by atoms with E-state index >= 15 is 0 Å². The molecule has 4 nitrogen and oxygen atoms in total. The van der Waals surface area contributed by atoms with Crippen molar-refractivity contribution in [2.45, 2.75) is 19.8 Å². The number of aryl methyl sites for hydroxylation is 1. The number of rotatable bonds is 3. The Morgan fingerprint density at radius 2 is 2.00 bits per heavy atom. The molecule has 5 heteroatoms. The molecule has 0 unspecified atom stereocenters. The average Bonchev–Trinajstić information content (AvgIpc) is 3.11. The number of hydrogen-bond acceptors (Lipinski definition) is 3. The summed E-state index contributed by atoms with van der Waals surface area (Å²) in [6, 6.07) is 11.5. The maximum atomic E-state index is 12.5. The van der Waals surface area contributed by atoms with Crippen molar-refractivity contribution in [3.8, 4) is 0 Å². The van der Waals surface area contributed by atoms with Crippen LogP contribution < -0.4 is 5.32 Å². The minimum Gasteiger partial charge on any atom is -0.337 e. The summed E-state index contributed by atoms with van der Waals surface area (Å²) in [6.45, 7) is 3.24. The van der Waals surface area contributed by atoms with E-state index in [1.165, 1.54) is 11.3 Å². The molecular formula is C18H20N2O2S. The molecule has 0 aliphatic carbocycles. The Labute approximate surface area is 140 Å². The predicted molar refractivity (Wildman–Crippen MR) is 92.8 cm³/mol. The van der Waals surface area contributed by atoms with Crippen molar-refractivity contribution in [3.63, 3.8) is 0 Å². The molecule has 1 atom stereocenters. The van der Waals surface area contributed by atoms with Crippen LogP contribution in [0.1, 0.15) is 28.1 Å². The van der Waals surface area contributed by atoms with Crippen LogP contribution in [0.15, 0.2) is 41.8 Å². The first-order valence-electron chi connectivity index (χ1n) is 7.84. The number of amides is 2. The Kier molecular flexibility index (Phi) is 4.76. The van der Waals surface area contributed by atoms with Gasteiger partial charge in [0.25, 0.3) is 5.91 Å². The Bertz CT molecular complexity index is 680. The molecule has 120 valence electrons. The third kappa shape index (κ3) is 3.79. The molecule has 2 amide bonds. The summed E-state index contributed by atoms with van der Waals surface area (Å²) in [6.07, 6.45) is 1.69. The maximum absolute atomic E-state index is 12.5.